The largest absolute Gasteiger partial charge is 0.481 e. The van der Waals surface area contributed by atoms with Crippen LogP contribution in [0, 0.1) is 11.8 Å². The highest BCUT2D eigenvalue weighted by atomic mass is 32.1. The first-order chi connectivity index (χ1) is 11.8. The number of amides is 1. The molecular formula is C16H13F3N2O3S. The zero-order valence-corrected chi connectivity index (χ0v) is 13.5. The van der Waals surface area contributed by atoms with Crippen molar-refractivity contribution >= 4 is 23.4 Å². The van der Waals surface area contributed by atoms with Crippen LogP contribution < -0.4 is 0 Å². The predicted octanol–water partition coefficient (Wildman–Crippen LogP) is 3.15. The monoisotopic (exact) mass is 370 g/mol. The van der Waals surface area contributed by atoms with Gasteiger partial charge in [0.1, 0.15) is 4.88 Å². The first-order valence-corrected chi connectivity index (χ1v) is 8.15. The van der Waals surface area contributed by atoms with Gasteiger partial charge in [-0.2, -0.15) is 17.5 Å². The van der Waals surface area contributed by atoms with Crippen LogP contribution in [0.2, 0.25) is 0 Å². The standard InChI is InChI=1S/C16H13F3N2O3S/c17-16(18,19)11-8-21(7-10(11)15(23)24)14(22)13-6-12(20-25-13)9-4-2-1-3-5-9/h1-6,10-11H,7-8H2,(H,23,24)/t10-,11-/m1/s1. The minimum atomic E-state index is -4.67. The average Bonchev–Trinajstić information content (AvgIpc) is 3.22. The van der Waals surface area contributed by atoms with Gasteiger partial charge in [0, 0.05) is 18.7 Å². The Morgan fingerprint density at radius 3 is 2.44 bits per heavy atom. The summed E-state index contributed by atoms with van der Waals surface area (Å²) in [7, 11) is 0. The second-order valence-corrected chi connectivity index (χ2v) is 6.55. The van der Waals surface area contributed by atoms with E-state index in [1.165, 1.54) is 6.07 Å². The number of benzene rings is 1. The van der Waals surface area contributed by atoms with E-state index in [-0.39, 0.29) is 4.88 Å². The van der Waals surface area contributed by atoms with E-state index in [0.717, 1.165) is 22.0 Å². The Labute approximate surface area is 144 Å². The maximum atomic E-state index is 13.0. The molecule has 1 aliphatic rings. The maximum absolute atomic E-state index is 13.0. The number of hydrogen-bond acceptors (Lipinski definition) is 4. The van der Waals surface area contributed by atoms with E-state index in [4.69, 9.17) is 5.11 Å². The van der Waals surface area contributed by atoms with Gasteiger partial charge < -0.3 is 10.0 Å². The van der Waals surface area contributed by atoms with Crippen LogP contribution in [-0.4, -0.2) is 45.5 Å². The number of rotatable bonds is 3. The summed E-state index contributed by atoms with van der Waals surface area (Å²) in [6.45, 7) is -1.12. The average molecular weight is 370 g/mol. The number of carbonyl (C=O) groups excluding carboxylic acids is 1. The molecule has 3 rings (SSSR count). The lowest BCUT2D eigenvalue weighted by Gasteiger charge is -2.18. The highest BCUT2D eigenvalue weighted by Gasteiger charge is 2.53. The van der Waals surface area contributed by atoms with Crippen LogP contribution >= 0.6 is 11.5 Å². The number of likely N-dealkylation sites (tertiary alicyclic amines) is 1. The fourth-order valence-corrected chi connectivity index (χ4v) is 3.55. The Kier molecular flexibility index (Phi) is 4.51. The highest BCUT2D eigenvalue weighted by Crippen LogP contribution is 2.38. The first-order valence-electron chi connectivity index (χ1n) is 7.38. The molecule has 0 saturated carbocycles. The minimum absolute atomic E-state index is 0.186. The number of aromatic nitrogens is 1. The molecule has 5 nitrogen and oxygen atoms in total. The number of aliphatic carboxylic acids is 1. The quantitative estimate of drug-likeness (QED) is 0.901. The number of alkyl halides is 3. The summed E-state index contributed by atoms with van der Waals surface area (Å²) in [5, 5.41) is 9.02. The molecule has 1 aromatic heterocycles. The molecule has 9 heteroatoms. The van der Waals surface area contributed by atoms with Crippen LogP contribution in [0.25, 0.3) is 11.3 Å². The van der Waals surface area contributed by atoms with Crippen molar-refractivity contribution < 1.29 is 27.9 Å². The van der Waals surface area contributed by atoms with Crippen LogP contribution in [0.5, 0.6) is 0 Å². The molecular weight excluding hydrogens is 357 g/mol. The molecule has 2 aromatic rings. The van der Waals surface area contributed by atoms with Gasteiger partial charge >= 0.3 is 12.1 Å². The number of hydrogen-bond donors (Lipinski definition) is 1. The van der Waals surface area contributed by atoms with E-state index in [2.05, 4.69) is 4.37 Å². The SMILES string of the molecule is O=C(O)[C@@H]1CN(C(=O)c2cc(-c3ccccc3)ns2)C[C@H]1C(F)(F)F. The van der Waals surface area contributed by atoms with Gasteiger partial charge in [-0.05, 0) is 17.6 Å². The van der Waals surface area contributed by atoms with Crippen LogP contribution in [0.3, 0.4) is 0 Å². The number of carbonyl (C=O) groups is 2. The van der Waals surface area contributed by atoms with E-state index in [1.54, 1.807) is 12.1 Å². The molecule has 1 N–H and O–H groups in total. The van der Waals surface area contributed by atoms with Crippen LogP contribution in [-0.2, 0) is 4.79 Å². The summed E-state index contributed by atoms with van der Waals surface area (Å²) in [5.74, 6) is -5.88. The number of carboxylic acids is 1. The van der Waals surface area contributed by atoms with E-state index < -0.39 is 43.0 Å². The lowest BCUT2D eigenvalue weighted by Crippen LogP contribution is -2.34. The number of halogens is 3. The lowest BCUT2D eigenvalue weighted by molar-refractivity contribution is -0.187. The van der Waals surface area contributed by atoms with Crippen molar-refractivity contribution in [3.63, 3.8) is 0 Å². The van der Waals surface area contributed by atoms with Gasteiger partial charge in [-0.25, -0.2) is 0 Å². The predicted molar refractivity (Wildman–Crippen MR) is 84.1 cm³/mol. The third-order valence-corrected chi connectivity index (χ3v) is 4.91. The molecule has 2 heterocycles. The molecule has 132 valence electrons. The third kappa shape index (κ3) is 3.51. The number of nitrogens with zero attached hydrogens (tertiary/aromatic N) is 2. The summed E-state index contributed by atoms with van der Waals surface area (Å²) >= 11 is 0.888. The van der Waals surface area contributed by atoms with E-state index in [0.29, 0.717) is 5.69 Å². The normalized spacial score (nSPS) is 20.7. The molecule has 25 heavy (non-hydrogen) atoms. The Hall–Kier alpha value is -2.42. The fraction of sp³-hybridized carbons (Fsp3) is 0.312. The van der Waals surface area contributed by atoms with Crippen molar-refractivity contribution in [2.75, 3.05) is 13.1 Å². The Bertz CT molecular complexity index is 791. The van der Waals surface area contributed by atoms with Gasteiger partial charge in [-0.15, -0.1) is 0 Å². The van der Waals surface area contributed by atoms with Crippen molar-refractivity contribution in [3.05, 3.63) is 41.3 Å². The smallest absolute Gasteiger partial charge is 0.394 e. The molecule has 0 unspecified atom stereocenters. The van der Waals surface area contributed by atoms with Crippen LogP contribution in [0.4, 0.5) is 13.2 Å². The van der Waals surface area contributed by atoms with E-state index in [9.17, 15) is 22.8 Å². The first kappa shape index (κ1) is 17.4. The van der Waals surface area contributed by atoms with Crippen LogP contribution in [0.15, 0.2) is 36.4 Å². The zero-order valence-electron chi connectivity index (χ0n) is 12.7. The summed E-state index contributed by atoms with van der Waals surface area (Å²) in [6.07, 6.45) is -4.67. The Balaban J connectivity index is 1.80. The topological polar surface area (TPSA) is 70.5 Å². The maximum Gasteiger partial charge on any atom is 0.394 e. The Morgan fingerprint density at radius 2 is 1.88 bits per heavy atom. The van der Waals surface area contributed by atoms with Crippen molar-refractivity contribution in [2.45, 2.75) is 6.18 Å². The van der Waals surface area contributed by atoms with Gasteiger partial charge in [0.05, 0.1) is 17.5 Å². The van der Waals surface area contributed by atoms with Crippen molar-refractivity contribution in [2.24, 2.45) is 11.8 Å². The van der Waals surface area contributed by atoms with Crippen molar-refractivity contribution in [1.82, 2.24) is 9.27 Å². The van der Waals surface area contributed by atoms with E-state index in [1.807, 2.05) is 18.2 Å². The van der Waals surface area contributed by atoms with Gasteiger partial charge in [0.2, 0.25) is 0 Å². The lowest BCUT2D eigenvalue weighted by atomic mass is 9.96. The molecule has 1 aliphatic heterocycles. The van der Waals surface area contributed by atoms with Crippen LogP contribution in [0.1, 0.15) is 9.67 Å². The second kappa shape index (κ2) is 6.47. The molecule has 1 amide bonds. The van der Waals surface area contributed by atoms with E-state index >= 15 is 0 Å². The molecule has 1 aromatic carbocycles. The Morgan fingerprint density at radius 1 is 1.20 bits per heavy atom. The van der Waals surface area contributed by atoms with Crippen molar-refractivity contribution in [3.8, 4) is 11.3 Å². The fourth-order valence-electron chi connectivity index (χ4n) is 2.83. The molecule has 0 bridgehead atoms. The summed E-state index contributed by atoms with van der Waals surface area (Å²) in [6, 6.07) is 10.6. The second-order valence-electron chi connectivity index (χ2n) is 5.75. The van der Waals surface area contributed by atoms with Gasteiger partial charge in [-0.3, -0.25) is 9.59 Å². The molecule has 1 saturated heterocycles. The highest BCUT2D eigenvalue weighted by molar-refractivity contribution is 7.08. The van der Waals surface area contributed by atoms with Gasteiger partial charge in [0.15, 0.2) is 0 Å². The van der Waals surface area contributed by atoms with Gasteiger partial charge in [0.25, 0.3) is 5.91 Å². The summed E-state index contributed by atoms with van der Waals surface area (Å²) < 4.78 is 43.2. The molecule has 0 radical (unpaired) electrons. The molecule has 2 atom stereocenters. The molecule has 1 fully saturated rings. The van der Waals surface area contributed by atoms with Crippen molar-refractivity contribution in [1.29, 1.82) is 0 Å². The van der Waals surface area contributed by atoms with Gasteiger partial charge in [-0.1, -0.05) is 30.3 Å². The number of carboxylic acid groups (broad SMARTS) is 1. The third-order valence-electron chi connectivity index (χ3n) is 4.14. The molecule has 0 aliphatic carbocycles. The summed E-state index contributed by atoms with van der Waals surface area (Å²) in [4.78, 5) is 24.7. The molecule has 0 spiro atoms. The zero-order chi connectivity index (χ0) is 18.2. The minimum Gasteiger partial charge on any atom is -0.481 e. The summed E-state index contributed by atoms with van der Waals surface area (Å²) in [5.41, 5.74) is 1.34.